The maximum Gasteiger partial charge on any atom is 0.338 e. The van der Waals surface area contributed by atoms with Gasteiger partial charge in [0.05, 0.1) is 23.8 Å². The van der Waals surface area contributed by atoms with E-state index in [0.29, 0.717) is 30.1 Å². The number of carbonyl (C=O) groups excluding carboxylic acids is 2. The van der Waals surface area contributed by atoms with Gasteiger partial charge in [0.15, 0.2) is 0 Å². The summed E-state index contributed by atoms with van der Waals surface area (Å²) in [6.45, 7) is 17.3. The van der Waals surface area contributed by atoms with E-state index in [2.05, 4.69) is 48.5 Å². The van der Waals surface area contributed by atoms with Gasteiger partial charge in [0, 0.05) is 10.8 Å². The Kier molecular flexibility index (Phi) is 8.33. The first-order valence-corrected chi connectivity index (χ1v) is 19.0. The largest absolute Gasteiger partial charge is 0.462 e. The van der Waals surface area contributed by atoms with E-state index < -0.39 is 6.10 Å². The highest BCUT2D eigenvalue weighted by atomic mass is 16.5. The van der Waals surface area contributed by atoms with Crippen LogP contribution in [0.5, 0.6) is 0 Å². The Morgan fingerprint density at radius 2 is 1.37 bits per heavy atom. The Labute approximate surface area is 294 Å². The van der Waals surface area contributed by atoms with Crippen LogP contribution in [0.15, 0.2) is 71.8 Å². The van der Waals surface area contributed by atoms with Crippen LogP contribution in [0.1, 0.15) is 133 Å². The highest BCUT2D eigenvalue weighted by Gasteiger charge is 2.67. The lowest BCUT2D eigenvalue weighted by molar-refractivity contribution is -0.169. The lowest BCUT2D eigenvalue weighted by Gasteiger charge is -2.70. The average Bonchev–Trinajstić information content (AvgIpc) is 3.08. The molecule has 0 saturated heterocycles. The molecule has 7 rings (SSSR count). The molecule has 0 aromatic heterocycles. The Bertz CT molecular complexity index is 1630. The number of hydrogen-bond acceptors (Lipinski definition) is 5. The third kappa shape index (κ3) is 5.35. The van der Waals surface area contributed by atoms with Gasteiger partial charge < -0.3 is 14.6 Å². The van der Waals surface area contributed by atoms with E-state index in [1.165, 1.54) is 11.1 Å². The van der Waals surface area contributed by atoms with Crippen molar-refractivity contribution in [3.63, 3.8) is 0 Å². The van der Waals surface area contributed by atoms with Crippen LogP contribution in [-0.2, 0) is 9.47 Å². The molecule has 264 valence electrons. The van der Waals surface area contributed by atoms with Crippen molar-refractivity contribution in [3.05, 3.63) is 82.9 Å². The van der Waals surface area contributed by atoms with E-state index in [4.69, 9.17) is 9.47 Å². The summed E-state index contributed by atoms with van der Waals surface area (Å²) in [4.78, 5) is 26.1. The highest BCUT2D eigenvalue weighted by Crippen LogP contribution is 2.75. The molecule has 2 aromatic carbocycles. The molecule has 49 heavy (non-hydrogen) atoms. The minimum atomic E-state index is -0.494. The van der Waals surface area contributed by atoms with Crippen molar-refractivity contribution in [1.29, 1.82) is 0 Å². The number of rotatable bonds is 5. The van der Waals surface area contributed by atoms with Crippen molar-refractivity contribution >= 4 is 11.9 Å². The zero-order chi connectivity index (χ0) is 35.0. The number of allylic oxidation sites excluding steroid dienone is 1. The third-order valence-corrected chi connectivity index (χ3v) is 15.6. The maximum atomic E-state index is 13.2. The van der Waals surface area contributed by atoms with E-state index in [9.17, 15) is 14.7 Å². The summed E-state index contributed by atoms with van der Waals surface area (Å²) < 4.78 is 12.3. The first-order valence-electron chi connectivity index (χ1n) is 19.0. The molecule has 0 aliphatic heterocycles. The van der Waals surface area contributed by atoms with E-state index >= 15 is 0 Å². The molecule has 5 aliphatic carbocycles. The van der Waals surface area contributed by atoms with Gasteiger partial charge in [-0.25, -0.2) is 9.59 Å². The van der Waals surface area contributed by atoms with Crippen molar-refractivity contribution in [2.45, 2.75) is 125 Å². The molecular formula is C44H58O5. The smallest absolute Gasteiger partial charge is 0.338 e. The topological polar surface area (TPSA) is 72.8 Å². The van der Waals surface area contributed by atoms with Crippen LogP contribution in [0.2, 0.25) is 0 Å². The molecule has 5 aliphatic rings. The first kappa shape index (κ1) is 34.5. The van der Waals surface area contributed by atoms with Gasteiger partial charge in [-0.1, -0.05) is 90.4 Å². The second-order valence-electron chi connectivity index (χ2n) is 18.6. The molecule has 3 saturated carbocycles. The van der Waals surface area contributed by atoms with E-state index in [-0.39, 0.29) is 56.5 Å². The minimum Gasteiger partial charge on any atom is -0.462 e. The van der Waals surface area contributed by atoms with Gasteiger partial charge in [-0.3, -0.25) is 0 Å². The number of carbonyl (C=O) groups is 2. The number of fused-ring (bicyclic) bond motifs is 6. The van der Waals surface area contributed by atoms with Crippen LogP contribution in [0.25, 0.3) is 0 Å². The Morgan fingerprint density at radius 1 is 0.755 bits per heavy atom. The summed E-state index contributed by atoms with van der Waals surface area (Å²) in [6, 6.07) is 18.7. The monoisotopic (exact) mass is 666 g/mol. The average molecular weight is 667 g/mol. The van der Waals surface area contributed by atoms with E-state index in [1.54, 1.807) is 0 Å². The van der Waals surface area contributed by atoms with Gasteiger partial charge >= 0.3 is 11.9 Å². The van der Waals surface area contributed by atoms with Gasteiger partial charge in [0.25, 0.3) is 0 Å². The molecule has 0 heterocycles. The number of ether oxygens (including phenoxy) is 2. The molecule has 5 heteroatoms. The first-order chi connectivity index (χ1) is 23.1. The van der Waals surface area contributed by atoms with Crippen molar-refractivity contribution in [2.24, 2.45) is 44.3 Å². The van der Waals surface area contributed by atoms with Crippen LogP contribution in [0.4, 0.5) is 0 Å². The molecular weight excluding hydrogens is 608 g/mol. The molecule has 0 radical (unpaired) electrons. The number of esters is 2. The molecule has 0 amide bonds. The number of benzene rings is 2. The van der Waals surface area contributed by atoms with Crippen molar-refractivity contribution in [3.8, 4) is 0 Å². The minimum absolute atomic E-state index is 0.0338. The maximum absolute atomic E-state index is 13.2. The standard InChI is InChI=1S/C44H58O5/c1-39(2)33-26-32(45)36-31(42(33,5)20-19-35(39)49-38(47)30-16-12-9-13-17-30)18-21-43(6)34-27-40(3,22-23-41(34,4)24-25-44(36,43)7)28-48-37(46)29-14-10-8-11-15-29/h8-17,32-35,45H,18-28H2,1-7H3/t32-,33-,34+,35+,40+,41+,42+,43-,44+/m1/s1. The second-order valence-corrected chi connectivity index (χ2v) is 18.6. The normalized spacial score (nSPS) is 41.0. The zero-order valence-corrected chi connectivity index (χ0v) is 30.9. The fraction of sp³-hybridized carbons (Fsp3) is 0.636. The van der Waals surface area contributed by atoms with Crippen LogP contribution in [-0.4, -0.2) is 35.9 Å². The quantitative estimate of drug-likeness (QED) is 0.254. The van der Waals surface area contributed by atoms with Crippen LogP contribution >= 0.6 is 0 Å². The molecule has 1 N–H and O–H groups in total. The van der Waals surface area contributed by atoms with Gasteiger partial charge in [-0.15, -0.1) is 0 Å². The van der Waals surface area contributed by atoms with Gasteiger partial charge in [-0.05, 0) is 128 Å². The highest BCUT2D eigenvalue weighted by molar-refractivity contribution is 5.89. The second kappa shape index (κ2) is 11.8. The fourth-order valence-corrected chi connectivity index (χ4v) is 12.3. The fourth-order valence-electron chi connectivity index (χ4n) is 12.3. The number of aliphatic hydroxyl groups is 1. The van der Waals surface area contributed by atoms with E-state index in [0.717, 1.165) is 57.8 Å². The van der Waals surface area contributed by atoms with Crippen LogP contribution in [0, 0.1) is 44.3 Å². The molecule has 3 fully saturated rings. The Hall–Kier alpha value is -2.92. The van der Waals surface area contributed by atoms with Gasteiger partial charge in [-0.2, -0.15) is 0 Å². The third-order valence-electron chi connectivity index (χ3n) is 15.6. The summed E-state index contributed by atoms with van der Waals surface area (Å²) in [5.74, 6) is 0.210. The molecule has 0 bridgehead atoms. The van der Waals surface area contributed by atoms with Crippen molar-refractivity contribution in [1.82, 2.24) is 0 Å². The van der Waals surface area contributed by atoms with E-state index in [1.807, 2.05) is 60.7 Å². The molecule has 2 aromatic rings. The number of hydrogen-bond donors (Lipinski definition) is 1. The molecule has 0 spiro atoms. The SMILES string of the molecule is CC1(C)[C@@H](OC(=O)c2ccccc2)CC[C@@]2(C)C3=C([C@H](O)C[C@H]12)[C@]1(C)CC[C@]2(C)CC[C@](C)(COC(=O)c4ccccc4)C[C@@H]2[C@@]1(C)CC3. The summed E-state index contributed by atoms with van der Waals surface area (Å²) >= 11 is 0. The van der Waals surface area contributed by atoms with Gasteiger partial charge in [0.2, 0.25) is 0 Å². The van der Waals surface area contributed by atoms with Crippen LogP contribution < -0.4 is 0 Å². The molecule has 9 atom stereocenters. The molecule has 5 nitrogen and oxygen atoms in total. The van der Waals surface area contributed by atoms with Crippen LogP contribution in [0.3, 0.4) is 0 Å². The lowest BCUT2D eigenvalue weighted by Crippen LogP contribution is -2.63. The van der Waals surface area contributed by atoms with Gasteiger partial charge in [0.1, 0.15) is 6.10 Å². The summed E-state index contributed by atoms with van der Waals surface area (Å²) in [7, 11) is 0. The summed E-state index contributed by atoms with van der Waals surface area (Å²) in [5.41, 5.74) is 3.85. The summed E-state index contributed by atoms with van der Waals surface area (Å²) in [6.07, 6.45) is 9.48. The lowest BCUT2D eigenvalue weighted by atomic mass is 9.35. The zero-order valence-electron chi connectivity index (χ0n) is 30.9. The van der Waals surface area contributed by atoms with Crippen molar-refractivity contribution < 1.29 is 24.2 Å². The van der Waals surface area contributed by atoms with Crippen molar-refractivity contribution in [2.75, 3.05) is 6.61 Å². The molecule has 0 unspecified atom stereocenters. The predicted molar refractivity (Wildman–Crippen MR) is 193 cm³/mol. The number of aliphatic hydroxyl groups excluding tert-OH is 1. The Morgan fingerprint density at radius 3 is 2.02 bits per heavy atom. The summed E-state index contributed by atoms with van der Waals surface area (Å²) in [5, 5.41) is 12.3. The predicted octanol–water partition coefficient (Wildman–Crippen LogP) is 9.99. The Balaban J connectivity index is 1.16.